The molecule has 0 saturated heterocycles. The van der Waals surface area contributed by atoms with E-state index in [0.717, 1.165) is 5.56 Å². The fourth-order valence-electron chi connectivity index (χ4n) is 3.35. The largest absolute Gasteiger partial charge is 0.458 e. The number of carbonyl (C=O) groups is 4. The number of hydrogen-bond acceptors (Lipinski definition) is 7. The number of rotatable bonds is 12. The van der Waals surface area contributed by atoms with Crippen LogP contribution in [0.4, 0.5) is 4.79 Å². The van der Waals surface area contributed by atoms with Crippen LogP contribution in [0.25, 0.3) is 0 Å². The van der Waals surface area contributed by atoms with Crippen LogP contribution in [0.3, 0.4) is 0 Å². The van der Waals surface area contributed by atoms with Crippen molar-refractivity contribution in [1.29, 1.82) is 0 Å². The zero-order valence-electron chi connectivity index (χ0n) is 23.6. The van der Waals surface area contributed by atoms with Gasteiger partial charge in [0, 0.05) is 0 Å². The number of benzene rings is 1. The van der Waals surface area contributed by atoms with E-state index < -0.39 is 47.7 Å². The number of ether oxygens (including phenoxy) is 3. The van der Waals surface area contributed by atoms with E-state index >= 15 is 0 Å². The van der Waals surface area contributed by atoms with Gasteiger partial charge in [0.15, 0.2) is 6.10 Å². The first-order valence-corrected chi connectivity index (χ1v) is 12.8. The molecular formula is C28H44N2O7. The molecule has 37 heavy (non-hydrogen) atoms. The lowest BCUT2D eigenvalue weighted by molar-refractivity contribution is -0.163. The van der Waals surface area contributed by atoms with Gasteiger partial charge >= 0.3 is 18.0 Å². The lowest BCUT2D eigenvalue weighted by atomic mass is 10.0. The van der Waals surface area contributed by atoms with E-state index in [0.29, 0.717) is 0 Å². The molecule has 1 rings (SSSR count). The van der Waals surface area contributed by atoms with Gasteiger partial charge in [-0.25, -0.2) is 14.4 Å². The average molecular weight is 521 g/mol. The number of alkyl carbamates (subject to hydrolysis) is 1. The van der Waals surface area contributed by atoms with Crippen LogP contribution in [-0.2, 0) is 35.2 Å². The minimum Gasteiger partial charge on any atom is -0.458 e. The van der Waals surface area contributed by atoms with Gasteiger partial charge in [-0.1, -0.05) is 71.9 Å². The van der Waals surface area contributed by atoms with E-state index in [1.165, 1.54) is 0 Å². The van der Waals surface area contributed by atoms with Crippen molar-refractivity contribution in [2.45, 2.75) is 99.1 Å². The molecule has 0 aromatic heterocycles. The van der Waals surface area contributed by atoms with Crippen LogP contribution in [0.1, 0.15) is 74.3 Å². The van der Waals surface area contributed by atoms with E-state index in [4.69, 9.17) is 14.2 Å². The van der Waals surface area contributed by atoms with Crippen molar-refractivity contribution in [3.8, 4) is 0 Å². The van der Waals surface area contributed by atoms with Crippen molar-refractivity contribution in [1.82, 2.24) is 10.6 Å². The maximum Gasteiger partial charge on any atom is 0.408 e. The highest BCUT2D eigenvalue weighted by Crippen LogP contribution is 2.16. The second-order valence-corrected chi connectivity index (χ2v) is 11.2. The van der Waals surface area contributed by atoms with Crippen LogP contribution in [0.15, 0.2) is 30.3 Å². The SMILES string of the molecule is CC(C)C[C@@H](OC(=O)[C@@H](NC(=O)OCc1ccccc1)C(C)C)C(=O)N[C@@H](C(=O)OC(C)(C)C)C(C)C. The van der Waals surface area contributed by atoms with Gasteiger partial charge in [0.1, 0.15) is 24.3 Å². The Labute approximate surface area is 221 Å². The highest BCUT2D eigenvalue weighted by Gasteiger charge is 2.35. The molecule has 3 atom stereocenters. The summed E-state index contributed by atoms with van der Waals surface area (Å²) in [5, 5.41) is 5.24. The summed E-state index contributed by atoms with van der Waals surface area (Å²) in [5.74, 6) is -2.48. The van der Waals surface area contributed by atoms with Gasteiger partial charge in [-0.15, -0.1) is 0 Å². The summed E-state index contributed by atoms with van der Waals surface area (Å²) in [6, 6.07) is 7.21. The van der Waals surface area contributed by atoms with Crippen molar-refractivity contribution >= 4 is 23.9 Å². The highest BCUT2D eigenvalue weighted by atomic mass is 16.6. The Balaban J connectivity index is 2.92. The maximum atomic E-state index is 13.2. The first kappa shape index (κ1) is 31.9. The standard InChI is InChI=1S/C28H44N2O7/c1-17(2)15-21(24(31)29-23(19(5)6)26(33)37-28(7,8)9)36-25(32)22(18(3)4)30-27(34)35-16-20-13-11-10-12-14-20/h10-14,17-19,21-23H,15-16H2,1-9H3,(H,29,31)(H,30,34)/t21-,22+,23-/m1/s1. The molecule has 0 spiro atoms. The molecule has 1 aromatic rings. The topological polar surface area (TPSA) is 120 Å². The first-order valence-electron chi connectivity index (χ1n) is 12.8. The summed E-state index contributed by atoms with van der Waals surface area (Å²) >= 11 is 0. The molecule has 0 bridgehead atoms. The van der Waals surface area contributed by atoms with E-state index in [9.17, 15) is 19.2 Å². The zero-order chi connectivity index (χ0) is 28.3. The Kier molecular flexibility index (Phi) is 12.6. The predicted molar refractivity (Wildman–Crippen MR) is 140 cm³/mol. The molecule has 1 aromatic carbocycles. The number of esters is 2. The minimum atomic E-state index is -1.15. The normalized spacial score (nSPS) is 14.1. The van der Waals surface area contributed by atoms with Crippen molar-refractivity contribution in [2.75, 3.05) is 0 Å². The lowest BCUT2D eigenvalue weighted by Crippen LogP contribution is -2.52. The average Bonchev–Trinajstić information content (AvgIpc) is 2.77. The van der Waals surface area contributed by atoms with E-state index in [-0.39, 0.29) is 30.8 Å². The highest BCUT2D eigenvalue weighted by molar-refractivity contribution is 5.90. The Hall–Kier alpha value is -3.10. The van der Waals surface area contributed by atoms with Gasteiger partial charge < -0.3 is 24.8 Å². The van der Waals surface area contributed by atoms with Gasteiger partial charge in [0.25, 0.3) is 5.91 Å². The van der Waals surface area contributed by atoms with Gasteiger partial charge in [-0.05, 0) is 50.5 Å². The fraction of sp³-hybridized carbons (Fsp3) is 0.643. The third-order valence-corrected chi connectivity index (χ3v) is 5.27. The van der Waals surface area contributed by atoms with Crippen LogP contribution in [0, 0.1) is 17.8 Å². The summed E-state index contributed by atoms with van der Waals surface area (Å²) in [5.41, 5.74) is 0.0870. The van der Waals surface area contributed by atoms with E-state index in [1.807, 2.05) is 44.2 Å². The quantitative estimate of drug-likeness (QED) is 0.310. The van der Waals surface area contributed by atoms with E-state index in [1.54, 1.807) is 48.5 Å². The molecule has 0 fully saturated rings. The van der Waals surface area contributed by atoms with Crippen LogP contribution >= 0.6 is 0 Å². The van der Waals surface area contributed by atoms with Crippen molar-refractivity contribution in [2.24, 2.45) is 17.8 Å². The monoisotopic (exact) mass is 520 g/mol. The summed E-state index contributed by atoms with van der Waals surface area (Å²) in [6.07, 6.45) is -1.69. The van der Waals surface area contributed by atoms with Gasteiger partial charge in [-0.3, -0.25) is 4.79 Å². The second-order valence-electron chi connectivity index (χ2n) is 11.2. The molecule has 0 radical (unpaired) electrons. The van der Waals surface area contributed by atoms with Crippen molar-refractivity contribution in [3.05, 3.63) is 35.9 Å². The summed E-state index contributed by atoms with van der Waals surface area (Å²) < 4.78 is 16.3. The molecule has 2 amide bonds. The van der Waals surface area contributed by atoms with E-state index in [2.05, 4.69) is 10.6 Å². The second kappa shape index (κ2) is 14.6. The summed E-state index contributed by atoms with van der Waals surface area (Å²) in [6.45, 7) is 16.1. The smallest absolute Gasteiger partial charge is 0.408 e. The van der Waals surface area contributed by atoms with Crippen molar-refractivity contribution in [3.63, 3.8) is 0 Å². The maximum absolute atomic E-state index is 13.2. The Bertz CT molecular complexity index is 892. The third-order valence-electron chi connectivity index (χ3n) is 5.27. The number of carbonyl (C=O) groups excluding carboxylic acids is 4. The Morgan fingerprint density at radius 2 is 1.35 bits per heavy atom. The van der Waals surface area contributed by atoms with Crippen LogP contribution < -0.4 is 10.6 Å². The summed E-state index contributed by atoms with van der Waals surface area (Å²) in [4.78, 5) is 51.3. The van der Waals surface area contributed by atoms with Crippen LogP contribution in [-0.4, -0.2) is 47.7 Å². The first-order chi connectivity index (χ1) is 17.1. The van der Waals surface area contributed by atoms with Gasteiger partial charge in [0.2, 0.25) is 0 Å². The molecule has 208 valence electrons. The molecule has 0 aliphatic rings. The minimum absolute atomic E-state index is 0.0175. The number of nitrogens with one attached hydrogen (secondary N) is 2. The number of hydrogen-bond donors (Lipinski definition) is 2. The molecule has 0 unspecified atom stereocenters. The molecule has 0 saturated carbocycles. The molecule has 0 aliphatic carbocycles. The Morgan fingerprint density at radius 3 is 1.84 bits per heavy atom. The molecule has 9 nitrogen and oxygen atoms in total. The Morgan fingerprint density at radius 1 is 0.811 bits per heavy atom. The molecule has 2 N–H and O–H groups in total. The molecule has 9 heteroatoms. The fourth-order valence-corrected chi connectivity index (χ4v) is 3.35. The van der Waals surface area contributed by atoms with Crippen LogP contribution in [0.2, 0.25) is 0 Å². The number of amides is 2. The van der Waals surface area contributed by atoms with Gasteiger partial charge in [0.05, 0.1) is 0 Å². The molecular weight excluding hydrogens is 476 g/mol. The predicted octanol–water partition coefficient (Wildman–Crippen LogP) is 4.38. The summed E-state index contributed by atoms with van der Waals surface area (Å²) in [7, 11) is 0. The molecule has 0 heterocycles. The molecule has 0 aliphatic heterocycles. The lowest BCUT2D eigenvalue weighted by Gasteiger charge is -2.29. The van der Waals surface area contributed by atoms with Gasteiger partial charge in [-0.2, -0.15) is 0 Å². The van der Waals surface area contributed by atoms with Crippen LogP contribution in [0.5, 0.6) is 0 Å². The van der Waals surface area contributed by atoms with Crippen molar-refractivity contribution < 1.29 is 33.4 Å². The zero-order valence-corrected chi connectivity index (χ0v) is 23.6. The third kappa shape index (κ3) is 12.1.